The van der Waals surface area contributed by atoms with Crippen molar-refractivity contribution in [1.29, 1.82) is 0 Å². The van der Waals surface area contributed by atoms with Crippen molar-refractivity contribution in [3.63, 3.8) is 0 Å². The Labute approximate surface area is 179 Å². The largest absolute Gasteiger partial charge is 0.361 e. The first kappa shape index (κ1) is 19.9. The standard InChI is InChI=1S/C22H24N4OS2/c1-2-3-7-19-20(27)26-22(29-19)24-16-11-9-15(10-12-16)13-14-23-21-25-17-6-4-5-8-18(17)28-21/h4-6,8-12,19H,2-3,7,13-14H2,1H3,(H,23,25)(H,24,26,27). The Kier molecular flexibility index (Phi) is 6.46. The summed E-state index contributed by atoms with van der Waals surface area (Å²) in [6, 6.07) is 16.5. The summed E-state index contributed by atoms with van der Waals surface area (Å²) >= 11 is 3.23. The lowest BCUT2D eigenvalue weighted by Crippen LogP contribution is -2.10. The summed E-state index contributed by atoms with van der Waals surface area (Å²) in [6.07, 6.45) is 3.98. The van der Waals surface area contributed by atoms with Gasteiger partial charge in [-0.3, -0.25) is 4.79 Å². The number of fused-ring (bicyclic) bond motifs is 1. The van der Waals surface area contributed by atoms with Gasteiger partial charge >= 0.3 is 0 Å². The number of aliphatic imine (C=N–C) groups is 1. The molecule has 1 amide bonds. The van der Waals surface area contributed by atoms with Crippen LogP contribution in [0.2, 0.25) is 0 Å². The van der Waals surface area contributed by atoms with Crippen LogP contribution >= 0.6 is 23.1 Å². The Hall–Kier alpha value is -2.38. The Morgan fingerprint density at radius 2 is 1.93 bits per heavy atom. The van der Waals surface area contributed by atoms with Gasteiger partial charge in [-0.15, -0.1) is 0 Å². The zero-order valence-electron chi connectivity index (χ0n) is 16.4. The van der Waals surface area contributed by atoms with E-state index in [2.05, 4.69) is 45.7 Å². The van der Waals surface area contributed by atoms with Gasteiger partial charge < -0.3 is 10.6 Å². The molecule has 29 heavy (non-hydrogen) atoms. The molecule has 1 aliphatic heterocycles. The van der Waals surface area contributed by atoms with Gasteiger partial charge in [0.1, 0.15) is 0 Å². The normalized spacial score (nSPS) is 16.2. The highest BCUT2D eigenvalue weighted by molar-refractivity contribution is 8.15. The molecule has 0 bridgehead atoms. The van der Waals surface area contributed by atoms with Crippen LogP contribution in [0.4, 0.5) is 10.8 Å². The van der Waals surface area contributed by atoms with E-state index < -0.39 is 0 Å². The lowest BCUT2D eigenvalue weighted by molar-refractivity contribution is -0.117. The van der Waals surface area contributed by atoms with Crippen molar-refractivity contribution in [3.05, 3.63) is 54.1 Å². The third kappa shape index (κ3) is 5.16. The molecule has 1 atom stereocenters. The number of para-hydroxylation sites is 1. The van der Waals surface area contributed by atoms with Crippen molar-refractivity contribution < 1.29 is 4.79 Å². The Morgan fingerprint density at radius 3 is 2.72 bits per heavy atom. The number of rotatable bonds is 8. The number of aromatic nitrogens is 1. The van der Waals surface area contributed by atoms with Crippen LogP contribution in [-0.2, 0) is 11.2 Å². The number of nitrogens with zero attached hydrogens (tertiary/aromatic N) is 2. The molecule has 1 aromatic heterocycles. The molecule has 0 aliphatic carbocycles. The van der Waals surface area contributed by atoms with Crippen molar-refractivity contribution in [3.8, 4) is 0 Å². The third-order valence-electron chi connectivity index (χ3n) is 4.75. The second-order valence-corrected chi connectivity index (χ2v) is 9.21. The van der Waals surface area contributed by atoms with Crippen LogP contribution in [0.5, 0.6) is 0 Å². The number of amidine groups is 1. The van der Waals surface area contributed by atoms with Gasteiger partial charge in [-0.2, -0.15) is 4.99 Å². The van der Waals surface area contributed by atoms with Gasteiger partial charge in [0.25, 0.3) is 5.91 Å². The zero-order valence-corrected chi connectivity index (χ0v) is 18.0. The van der Waals surface area contributed by atoms with E-state index in [4.69, 9.17) is 0 Å². The first-order chi connectivity index (χ1) is 14.2. The highest BCUT2D eigenvalue weighted by Gasteiger charge is 2.27. The lowest BCUT2D eigenvalue weighted by atomic mass is 10.1. The van der Waals surface area contributed by atoms with E-state index in [1.165, 1.54) is 10.3 Å². The number of nitrogens with one attached hydrogen (secondary N) is 2. The average Bonchev–Trinajstić information content (AvgIpc) is 3.30. The molecule has 0 fully saturated rings. The zero-order chi connectivity index (χ0) is 20.1. The summed E-state index contributed by atoms with van der Waals surface area (Å²) < 4.78 is 1.20. The van der Waals surface area contributed by atoms with Gasteiger partial charge in [-0.05, 0) is 42.7 Å². The topological polar surface area (TPSA) is 66.4 Å². The fraction of sp³-hybridized carbons (Fsp3) is 0.318. The Balaban J connectivity index is 1.26. The minimum Gasteiger partial charge on any atom is -0.361 e. The third-order valence-corrected chi connectivity index (χ3v) is 6.88. The number of amides is 1. The van der Waals surface area contributed by atoms with E-state index in [0.29, 0.717) is 5.17 Å². The Bertz CT molecular complexity index is 980. The lowest BCUT2D eigenvalue weighted by Gasteiger charge is -2.08. The number of carbonyl (C=O) groups is 1. The summed E-state index contributed by atoms with van der Waals surface area (Å²) in [5.74, 6) is -0.0107. The number of unbranched alkanes of at least 4 members (excludes halogenated alkanes) is 1. The van der Waals surface area contributed by atoms with E-state index in [1.807, 2.05) is 30.3 Å². The van der Waals surface area contributed by atoms with Gasteiger partial charge in [-0.25, -0.2) is 4.98 Å². The second-order valence-electron chi connectivity index (χ2n) is 6.99. The van der Waals surface area contributed by atoms with Crippen LogP contribution < -0.4 is 10.6 Å². The van der Waals surface area contributed by atoms with E-state index >= 15 is 0 Å². The molecular formula is C22H24N4OS2. The molecule has 7 heteroatoms. The summed E-state index contributed by atoms with van der Waals surface area (Å²) in [6.45, 7) is 2.98. The van der Waals surface area contributed by atoms with E-state index in [-0.39, 0.29) is 11.2 Å². The van der Waals surface area contributed by atoms with Crippen LogP contribution in [0, 0.1) is 0 Å². The molecule has 1 aliphatic rings. The van der Waals surface area contributed by atoms with Crippen LogP contribution in [-0.4, -0.2) is 27.9 Å². The van der Waals surface area contributed by atoms with Crippen LogP contribution in [0.1, 0.15) is 31.7 Å². The second kappa shape index (κ2) is 9.41. The molecule has 2 N–H and O–H groups in total. The minimum atomic E-state index is -0.0229. The molecular weight excluding hydrogens is 400 g/mol. The average molecular weight is 425 g/mol. The number of hydrogen-bond donors (Lipinski definition) is 2. The van der Waals surface area contributed by atoms with Crippen molar-refractivity contribution in [2.24, 2.45) is 4.99 Å². The molecule has 2 aromatic carbocycles. The molecule has 150 valence electrons. The SMILES string of the molecule is CCCCC1SC(Nc2ccc(CCNc3nc4ccccc4s3)cc2)=NC1=O. The van der Waals surface area contributed by atoms with Crippen LogP contribution in [0.3, 0.4) is 0 Å². The molecule has 2 heterocycles. The van der Waals surface area contributed by atoms with E-state index in [9.17, 15) is 4.79 Å². The molecule has 0 radical (unpaired) electrons. The predicted molar refractivity (Wildman–Crippen MR) is 125 cm³/mol. The maximum absolute atomic E-state index is 12.0. The molecule has 0 saturated carbocycles. The number of carbonyl (C=O) groups excluding carboxylic acids is 1. The van der Waals surface area contributed by atoms with Crippen LogP contribution in [0.25, 0.3) is 10.2 Å². The van der Waals surface area contributed by atoms with Gasteiger partial charge in [0.15, 0.2) is 10.3 Å². The molecule has 0 spiro atoms. The number of hydrogen-bond acceptors (Lipinski definition) is 6. The highest BCUT2D eigenvalue weighted by Crippen LogP contribution is 2.28. The summed E-state index contributed by atoms with van der Waals surface area (Å²) in [5.41, 5.74) is 3.25. The number of thioether (sulfide) groups is 1. The summed E-state index contributed by atoms with van der Waals surface area (Å²) in [4.78, 5) is 20.7. The minimum absolute atomic E-state index is 0.0107. The number of anilines is 2. The van der Waals surface area contributed by atoms with Gasteiger partial charge in [-0.1, -0.05) is 67.1 Å². The summed E-state index contributed by atoms with van der Waals surface area (Å²) in [7, 11) is 0. The quantitative estimate of drug-likeness (QED) is 0.496. The van der Waals surface area contributed by atoms with Crippen molar-refractivity contribution in [2.45, 2.75) is 37.9 Å². The number of thiazole rings is 1. The maximum atomic E-state index is 12.0. The molecule has 0 saturated heterocycles. The molecule has 3 aromatic rings. The van der Waals surface area contributed by atoms with Crippen molar-refractivity contribution in [1.82, 2.24) is 4.98 Å². The molecule has 4 rings (SSSR count). The monoisotopic (exact) mass is 424 g/mol. The first-order valence-electron chi connectivity index (χ1n) is 9.96. The van der Waals surface area contributed by atoms with E-state index in [0.717, 1.165) is 48.6 Å². The smallest absolute Gasteiger partial charge is 0.261 e. The van der Waals surface area contributed by atoms with Gasteiger partial charge in [0.2, 0.25) is 0 Å². The summed E-state index contributed by atoms with van der Waals surface area (Å²) in [5, 5.41) is 8.33. The van der Waals surface area contributed by atoms with Gasteiger partial charge in [0, 0.05) is 12.2 Å². The van der Waals surface area contributed by atoms with Crippen molar-refractivity contribution >= 4 is 55.2 Å². The fourth-order valence-electron chi connectivity index (χ4n) is 3.15. The predicted octanol–water partition coefficient (Wildman–Crippen LogP) is 5.55. The number of benzene rings is 2. The maximum Gasteiger partial charge on any atom is 0.261 e. The van der Waals surface area contributed by atoms with Crippen molar-refractivity contribution in [2.75, 3.05) is 17.2 Å². The highest BCUT2D eigenvalue weighted by atomic mass is 32.2. The first-order valence-corrected chi connectivity index (χ1v) is 11.7. The fourth-order valence-corrected chi connectivity index (χ4v) is 5.07. The Morgan fingerprint density at radius 1 is 1.10 bits per heavy atom. The molecule has 5 nitrogen and oxygen atoms in total. The van der Waals surface area contributed by atoms with E-state index in [1.54, 1.807) is 23.1 Å². The van der Waals surface area contributed by atoms with Crippen LogP contribution in [0.15, 0.2) is 53.5 Å². The molecule has 1 unspecified atom stereocenters. The van der Waals surface area contributed by atoms with Gasteiger partial charge in [0.05, 0.1) is 15.5 Å².